The van der Waals surface area contributed by atoms with Gasteiger partial charge in [0.1, 0.15) is 11.8 Å². The van der Waals surface area contributed by atoms with E-state index in [0.717, 1.165) is 30.2 Å². The summed E-state index contributed by atoms with van der Waals surface area (Å²) in [5.41, 5.74) is 1.49. The number of amides is 3. The first kappa shape index (κ1) is 22.1. The second-order valence-electron chi connectivity index (χ2n) is 7.90. The van der Waals surface area contributed by atoms with E-state index >= 15 is 0 Å². The minimum atomic E-state index is -4.81. The van der Waals surface area contributed by atoms with Crippen LogP contribution in [-0.4, -0.2) is 46.6 Å². The van der Waals surface area contributed by atoms with Crippen molar-refractivity contribution < 1.29 is 32.3 Å². The van der Waals surface area contributed by atoms with Crippen molar-refractivity contribution in [2.45, 2.75) is 31.3 Å². The SMILES string of the molecule is O=C(CNC(=O)C1c2ccccc2C(=O)N1C1CC1)Nc1nc2ccc(OC(F)(F)F)cc2s1. The Balaban J connectivity index is 1.23. The zero-order valence-corrected chi connectivity index (χ0v) is 18.2. The van der Waals surface area contributed by atoms with E-state index in [9.17, 15) is 27.6 Å². The van der Waals surface area contributed by atoms with Gasteiger partial charge in [0.2, 0.25) is 11.8 Å². The molecule has 12 heteroatoms. The highest BCUT2D eigenvalue weighted by Gasteiger charge is 2.47. The standard InChI is InChI=1S/C22H17F3N4O4S/c23-22(24,25)33-12-7-8-15-16(9-12)34-21(27-15)28-17(30)10-26-19(31)18-13-3-1-2-4-14(13)20(32)29(18)11-5-6-11/h1-4,7-9,11,18H,5-6,10H2,(H,26,31)(H,27,28,30). The number of benzene rings is 2. The number of hydrogen-bond acceptors (Lipinski definition) is 6. The molecule has 0 radical (unpaired) electrons. The number of carbonyl (C=O) groups is 3. The largest absolute Gasteiger partial charge is 0.573 e. The number of nitrogens with zero attached hydrogens (tertiary/aromatic N) is 2. The van der Waals surface area contributed by atoms with Gasteiger partial charge in [-0.05, 0) is 36.6 Å². The van der Waals surface area contributed by atoms with E-state index in [0.29, 0.717) is 21.3 Å². The Labute approximate surface area is 194 Å². The summed E-state index contributed by atoms with van der Waals surface area (Å²) in [6.45, 7) is -0.359. The van der Waals surface area contributed by atoms with E-state index in [1.54, 1.807) is 29.2 Å². The van der Waals surface area contributed by atoms with Gasteiger partial charge in [0.05, 0.1) is 16.8 Å². The van der Waals surface area contributed by atoms with Gasteiger partial charge in [0, 0.05) is 17.7 Å². The van der Waals surface area contributed by atoms with Gasteiger partial charge in [-0.1, -0.05) is 29.5 Å². The normalized spacial score (nSPS) is 17.6. The van der Waals surface area contributed by atoms with Gasteiger partial charge in [0.15, 0.2) is 5.13 Å². The van der Waals surface area contributed by atoms with Crippen molar-refractivity contribution >= 4 is 44.4 Å². The lowest BCUT2D eigenvalue weighted by Gasteiger charge is -2.24. The molecule has 176 valence electrons. The van der Waals surface area contributed by atoms with Crippen LogP contribution in [0.4, 0.5) is 18.3 Å². The number of hydrogen-bond donors (Lipinski definition) is 2. The van der Waals surface area contributed by atoms with Gasteiger partial charge >= 0.3 is 6.36 Å². The minimum Gasteiger partial charge on any atom is -0.406 e. The topological polar surface area (TPSA) is 101 Å². The number of nitrogens with one attached hydrogen (secondary N) is 2. The van der Waals surface area contributed by atoms with Crippen LogP contribution in [0, 0.1) is 0 Å². The Kier molecular flexibility index (Phi) is 5.39. The van der Waals surface area contributed by atoms with E-state index in [1.165, 1.54) is 12.1 Å². The average molecular weight is 490 g/mol. The fourth-order valence-electron chi connectivity index (χ4n) is 3.92. The van der Waals surface area contributed by atoms with Gasteiger partial charge < -0.3 is 20.3 Å². The molecule has 0 saturated heterocycles. The Morgan fingerprint density at radius 3 is 2.68 bits per heavy atom. The maximum Gasteiger partial charge on any atom is 0.573 e. The molecule has 1 fully saturated rings. The molecule has 1 atom stereocenters. The van der Waals surface area contributed by atoms with E-state index < -0.39 is 24.2 Å². The van der Waals surface area contributed by atoms with Crippen LogP contribution in [0.15, 0.2) is 42.5 Å². The van der Waals surface area contributed by atoms with Crippen LogP contribution in [0.1, 0.15) is 34.8 Å². The summed E-state index contributed by atoms with van der Waals surface area (Å²) in [5, 5.41) is 5.27. The molecule has 1 unspecified atom stereocenters. The van der Waals surface area contributed by atoms with Crippen molar-refractivity contribution in [2.24, 2.45) is 0 Å². The molecule has 1 saturated carbocycles. The van der Waals surface area contributed by atoms with Gasteiger partial charge in [-0.15, -0.1) is 13.2 Å². The molecule has 2 aromatic carbocycles. The molecule has 2 aliphatic rings. The number of ether oxygens (including phenoxy) is 1. The molecule has 5 rings (SSSR count). The van der Waals surface area contributed by atoms with Crippen LogP contribution in [0.5, 0.6) is 5.75 Å². The summed E-state index contributed by atoms with van der Waals surface area (Å²) in [6.07, 6.45) is -3.15. The fourth-order valence-corrected chi connectivity index (χ4v) is 4.83. The second-order valence-corrected chi connectivity index (χ2v) is 8.93. The zero-order chi connectivity index (χ0) is 24.0. The third-order valence-corrected chi connectivity index (χ3v) is 6.38. The number of fused-ring (bicyclic) bond motifs is 2. The third kappa shape index (κ3) is 4.40. The quantitative estimate of drug-likeness (QED) is 0.550. The van der Waals surface area contributed by atoms with Crippen molar-refractivity contribution in [1.82, 2.24) is 15.2 Å². The molecule has 2 heterocycles. The molecular formula is C22H17F3N4O4S. The van der Waals surface area contributed by atoms with Gasteiger partial charge in [0.25, 0.3) is 5.91 Å². The van der Waals surface area contributed by atoms with Crippen molar-refractivity contribution in [3.8, 4) is 5.75 Å². The number of halogens is 3. The molecule has 8 nitrogen and oxygen atoms in total. The molecule has 1 aromatic heterocycles. The second kappa shape index (κ2) is 8.28. The highest BCUT2D eigenvalue weighted by molar-refractivity contribution is 7.22. The number of aromatic nitrogens is 1. The smallest absolute Gasteiger partial charge is 0.406 e. The monoisotopic (exact) mass is 490 g/mol. The predicted octanol–water partition coefficient (Wildman–Crippen LogP) is 3.61. The molecule has 2 N–H and O–H groups in total. The van der Waals surface area contributed by atoms with Crippen LogP contribution in [-0.2, 0) is 9.59 Å². The summed E-state index contributed by atoms with van der Waals surface area (Å²) in [5.74, 6) is -1.60. The first-order valence-corrected chi connectivity index (χ1v) is 11.2. The maximum absolute atomic E-state index is 12.9. The number of carbonyl (C=O) groups excluding carboxylic acids is 3. The van der Waals surface area contributed by atoms with E-state index in [4.69, 9.17) is 0 Å². The first-order valence-electron chi connectivity index (χ1n) is 10.3. The van der Waals surface area contributed by atoms with E-state index in [-0.39, 0.29) is 29.4 Å². The summed E-state index contributed by atoms with van der Waals surface area (Å²) in [7, 11) is 0. The van der Waals surface area contributed by atoms with Gasteiger partial charge in [-0.25, -0.2) is 4.98 Å². The van der Waals surface area contributed by atoms with E-state index in [2.05, 4.69) is 20.4 Å². The number of thiazole rings is 1. The average Bonchev–Trinajstić information content (AvgIpc) is 3.47. The number of anilines is 1. The molecule has 3 amide bonds. The van der Waals surface area contributed by atoms with Crippen molar-refractivity contribution in [2.75, 3.05) is 11.9 Å². The number of alkyl halides is 3. The summed E-state index contributed by atoms with van der Waals surface area (Å²) < 4.78 is 41.5. The van der Waals surface area contributed by atoms with Crippen LogP contribution in [0.25, 0.3) is 10.2 Å². The van der Waals surface area contributed by atoms with Crippen LogP contribution < -0.4 is 15.4 Å². The molecule has 0 spiro atoms. The molecule has 3 aromatic rings. The highest BCUT2D eigenvalue weighted by Crippen LogP contribution is 2.42. The van der Waals surface area contributed by atoms with Crippen molar-refractivity contribution in [1.29, 1.82) is 0 Å². The molecule has 0 bridgehead atoms. The molecule has 1 aliphatic heterocycles. The molecule has 1 aliphatic carbocycles. The number of rotatable bonds is 6. The fraction of sp³-hybridized carbons (Fsp3) is 0.273. The van der Waals surface area contributed by atoms with Gasteiger partial charge in [-0.2, -0.15) is 0 Å². The summed E-state index contributed by atoms with van der Waals surface area (Å²) in [4.78, 5) is 43.8. The summed E-state index contributed by atoms with van der Waals surface area (Å²) >= 11 is 0.973. The lowest BCUT2D eigenvalue weighted by molar-refractivity contribution is -0.274. The maximum atomic E-state index is 12.9. The van der Waals surface area contributed by atoms with Gasteiger partial charge in [-0.3, -0.25) is 14.4 Å². The zero-order valence-electron chi connectivity index (χ0n) is 17.4. The molecular weight excluding hydrogens is 473 g/mol. The Morgan fingerprint density at radius 1 is 1.18 bits per heavy atom. The lowest BCUT2D eigenvalue weighted by Crippen LogP contribution is -2.42. The third-order valence-electron chi connectivity index (χ3n) is 5.45. The van der Waals surface area contributed by atoms with E-state index in [1.807, 2.05) is 0 Å². The van der Waals surface area contributed by atoms with Crippen LogP contribution in [0.2, 0.25) is 0 Å². The Morgan fingerprint density at radius 2 is 1.94 bits per heavy atom. The lowest BCUT2D eigenvalue weighted by atomic mass is 10.0. The Hall–Kier alpha value is -3.67. The minimum absolute atomic E-state index is 0.0124. The molecule has 34 heavy (non-hydrogen) atoms. The first-order chi connectivity index (χ1) is 16.2. The summed E-state index contributed by atoms with van der Waals surface area (Å²) in [6, 6.07) is 9.80. The van der Waals surface area contributed by atoms with Crippen molar-refractivity contribution in [3.63, 3.8) is 0 Å². The highest BCUT2D eigenvalue weighted by atomic mass is 32.1. The van der Waals surface area contributed by atoms with Crippen LogP contribution in [0.3, 0.4) is 0 Å². The predicted molar refractivity (Wildman–Crippen MR) is 116 cm³/mol. The van der Waals surface area contributed by atoms with Crippen molar-refractivity contribution in [3.05, 3.63) is 53.6 Å². The van der Waals surface area contributed by atoms with Crippen LogP contribution >= 0.6 is 11.3 Å². The Bertz CT molecular complexity index is 1300.